The number of benzene rings is 1. The van der Waals surface area contributed by atoms with E-state index in [0.29, 0.717) is 5.75 Å². The van der Waals surface area contributed by atoms with Gasteiger partial charge in [0.05, 0.1) is 6.61 Å². The van der Waals surface area contributed by atoms with E-state index >= 15 is 0 Å². The number of halogens is 2. The number of esters is 1. The second kappa shape index (κ2) is 4.20. The molecule has 0 amide bonds. The largest absolute Gasteiger partial charge is 0.461 e. The Morgan fingerprint density at radius 1 is 1.41 bits per heavy atom. The zero-order valence-electron chi connectivity index (χ0n) is 9.04. The number of carbonyl (C=O) groups is 1. The highest BCUT2D eigenvalue weighted by Crippen LogP contribution is 2.38. The Hall–Kier alpha value is -1.85. The summed E-state index contributed by atoms with van der Waals surface area (Å²) < 4.78 is 41.5. The average Bonchev–Trinajstić information content (AvgIpc) is 2.76. The molecule has 0 spiro atoms. The van der Waals surface area contributed by atoms with Gasteiger partial charge < -0.3 is 14.2 Å². The first-order valence-corrected chi connectivity index (χ1v) is 5.01. The number of hydrogen-bond acceptors (Lipinski definition) is 4. The predicted molar refractivity (Wildman–Crippen MR) is 53.1 cm³/mol. The maximum absolute atomic E-state index is 13.6. The molecule has 0 radical (unpaired) electrons. The molecule has 92 valence electrons. The standard InChI is InChI=1S/C11H10F2O4/c1-2-15-10(14)11(12,13)7-3-4-8-9(5-7)17-6-16-8/h3-5H,2,6H2,1H3. The van der Waals surface area contributed by atoms with Gasteiger partial charge in [0.15, 0.2) is 11.5 Å². The summed E-state index contributed by atoms with van der Waals surface area (Å²) in [7, 11) is 0. The first-order chi connectivity index (χ1) is 8.05. The zero-order chi connectivity index (χ0) is 12.5. The molecule has 4 nitrogen and oxygen atoms in total. The maximum atomic E-state index is 13.6. The molecule has 0 atom stereocenters. The smallest absolute Gasteiger partial charge is 0.381 e. The van der Waals surface area contributed by atoms with Crippen molar-refractivity contribution in [2.45, 2.75) is 12.8 Å². The highest BCUT2D eigenvalue weighted by molar-refractivity contribution is 5.79. The lowest BCUT2D eigenvalue weighted by Crippen LogP contribution is -2.28. The fourth-order valence-electron chi connectivity index (χ4n) is 1.43. The van der Waals surface area contributed by atoms with Gasteiger partial charge in [0, 0.05) is 5.56 Å². The summed E-state index contributed by atoms with van der Waals surface area (Å²) in [5, 5.41) is 0. The van der Waals surface area contributed by atoms with E-state index in [1.807, 2.05) is 0 Å². The Bertz CT molecular complexity index is 445. The lowest BCUT2D eigenvalue weighted by atomic mass is 10.1. The molecule has 1 aromatic carbocycles. The number of ether oxygens (including phenoxy) is 3. The van der Waals surface area contributed by atoms with E-state index in [2.05, 4.69) is 4.74 Å². The third-order valence-electron chi connectivity index (χ3n) is 2.27. The van der Waals surface area contributed by atoms with Crippen molar-refractivity contribution in [1.29, 1.82) is 0 Å². The van der Waals surface area contributed by atoms with Crippen molar-refractivity contribution in [2.75, 3.05) is 13.4 Å². The fraction of sp³-hybridized carbons (Fsp3) is 0.364. The van der Waals surface area contributed by atoms with Crippen molar-refractivity contribution >= 4 is 5.97 Å². The average molecular weight is 244 g/mol. The summed E-state index contributed by atoms with van der Waals surface area (Å²) in [5.74, 6) is -4.67. The topological polar surface area (TPSA) is 44.8 Å². The van der Waals surface area contributed by atoms with Crippen molar-refractivity contribution < 1.29 is 27.8 Å². The van der Waals surface area contributed by atoms with Crippen LogP contribution in [0.5, 0.6) is 11.5 Å². The minimum absolute atomic E-state index is 0.0102. The summed E-state index contributed by atoms with van der Waals surface area (Å²) in [6, 6.07) is 3.54. The molecule has 2 rings (SSSR count). The molecule has 0 saturated heterocycles. The number of fused-ring (bicyclic) bond motifs is 1. The van der Waals surface area contributed by atoms with Crippen LogP contribution in [0.15, 0.2) is 18.2 Å². The molecule has 6 heteroatoms. The first kappa shape index (κ1) is 11.6. The monoisotopic (exact) mass is 244 g/mol. The van der Waals surface area contributed by atoms with Gasteiger partial charge in [0.25, 0.3) is 0 Å². The quantitative estimate of drug-likeness (QED) is 0.763. The van der Waals surface area contributed by atoms with Crippen LogP contribution in [0, 0.1) is 0 Å². The molecule has 0 aliphatic carbocycles. The van der Waals surface area contributed by atoms with E-state index in [1.165, 1.54) is 13.0 Å². The molecule has 17 heavy (non-hydrogen) atoms. The van der Waals surface area contributed by atoms with Crippen LogP contribution in [0.25, 0.3) is 0 Å². The van der Waals surface area contributed by atoms with Gasteiger partial charge >= 0.3 is 11.9 Å². The summed E-state index contributed by atoms with van der Waals surface area (Å²) in [5.41, 5.74) is -0.472. The Kier molecular flexibility index (Phi) is 2.87. The van der Waals surface area contributed by atoms with E-state index in [4.69, 9.17) is 9.47 Å². The molecule has 1 aliphatic heterocycles. The van der Waals surface area contributed by atoms with Crippen LogP contribution in [-0.4, -0.2) is 19.4 Å². The molecular formula is C11H10F2O4. The molecule has 0 saturated carbocycles. The van der Waals surface area contributed by atoms with Crippen LogP contribution in [0.1, 0.15) is 12.5 Å². The third kappa shape index (κ3) is 2.02. The molecule has 0 aromatic heterocycles. The Balaban J connectivity index is 2.30. The van der Waals surface area contributed by atoms with E-state index in [0.717, 1.165) is 12.1 Å². The molecule has 0 fully saturated rings. The molecule has 1 aliphatic rings. The van der Waals surface area contributed by atoms with E-state index in [9.17, 15) is 13.6 Å². The molecule has 1 heterocycles. The van der Waals surface area contributed by atoms with E-state index in [-0.39, 0.29) is 19.1 Å². The number of carbonyl (C=O) groups excluding carboxylic acids is 1. The van der Waals surface area contributed by atoms with Crippen molar-refractivity contribution in [2.24, 2.45) is 0 Å². The highest BCUT2D eigenvalue weighted by atomic mass is 19.3. The van der Waals surface area contributed by atoms with Gasteiger partial charge in [-0.1, -0.05) is 0 Å². The highest BCUT2D eigenvalue weighted by Gasteiger charge is 2.43. The predicted octanol–water partition coefficient (Wildman–Crippen LogP) is 2.07. The van der Waals surface area contributed by atoms with Crippen LogP contribution in [0.2, 0.25) is 0 Å². The van der Waals surface area contributed by atoms with Gasteiger partial charge in [-0.05, 0) is 25.1 Å². The van der Waals surface area contributed by atoms with Crippen molar-refractivity contribution in [3.8, 4) is 11.5 Å². The Morgan fingerprint density at radius 3 is 2.82 bits per heavy atom. The maximum Gasteiger partial charge on any atom is 0.381 e. The molecule has 0 N–H and O–H groups in total. The van der Waals surface area contributed by atoms with Crippen LogP contribution in [0.4, 0.5) is 8.78 Å². The Morgan fingerprint density at radius 2 is 2.12 bits per heavy atom. The summed E-state index contributed by atoms with van der Waals surface area (Å²) in [4.78, 5) is 11.1. The number of alkyl halides is 2. The van der Waals surface area contributed by atoms with E-state index < -0.39 is 17.5 Å². The normalized spacial score (nSPS) is 13.6. The van der Waals surface area contributed by atoms with Gasteiger partial charge in [-0.15, -0.1) is 0 Å². The second-order valence-corrected chi connectivity index (χ2v) is 3.36. The lowest BCUT2D eigenvalue weighted by Gasteiger charge is -2.15. The van der Waals surface area contributed by atoms with Gasteiger partial charge in [-0.25, -0.2) is 4.79 Å². The minimum atomic E-state index is -3.68. The summed E-state index contributed by atoms with van der Waals surface area (Å²) in [6.07, 6.45) is 0. The third-order valence-corrected chi connectivity index (χ3v) is 2.27. The van der Waals surface area contributed by atoms with Crippen LogP contribution < -0.4 is 9.47 Å². The van der Waals surface area contributed by atoms with Crippen LogP contribution >= 0.6 is 0 Å². The van der Waals surface area contributed by atoms with Gasteiger partial charge in [0.2, 0.25) is 6.79 Å². The lowest BCUT2D eigenvalue weighted by molar-refractivity contribution is -0.173. The fourth-order valence-corrected chi connectivity index (χ4v) is 1.43. The van der Waals surface area contributed by atoms with E-state index in [1.54, 1.807) is 0 Å². The van der Waals surface area contributed by atoms with Crippen LogP contribution in [-0.2, 0) is 15.5 Å². The van der Waals surface area contributed by atoms with Crippen LogP contribution in [0.3, 0.4) is 0 Å². The first-order valence-electron chi connectivity index (χ1n) is 5.01. The number of rotatable bonds is 3. The Labute approximate surface area is 96.1 Å². The number of hydrogen-bond donors (Lipinski definition) is 0. The SMILES string of the molecule is CCOC(=O)C(F)(F)c1ccc2c(c1)OCO2. The summed E-state index contributed by atoms with van der Waals surface area (Å²) >= 11 is 0. The summed E-state index contributed by atoms with van der Waals surface area (Å²) in [6.45, 7) is 1.36. The van der Waals surface area contributed by atoms with Crippen molar-refractivity contribution in [1.82, 2.24) is 0 Å². The van der Waals surface area contributed by atoms with Crippen molar-refractivity contribution in [3.05, 3.63) is 23.8 Å². The second-order valence-electron chi connectivity index (χ2n) is 3.36. The van der Waals surface area contributed by atoms with Gasteiger partial charge in [0.1, 0.15) is 0 Å². The van der Waals surface area contributed by atoms with Gasteiger partial charge in [-0.2, -0.15) is 8.78 Å². The van der Waals surface area contributed by atoms with Gasteiger partial charge in [-0.3, -0.25) is 0 Å². The zero-order valence-corrected chi connectivity index (χ0v) is 9.04. The molecule has 0 bridgehead atoms. The van der Waals surface area contributed by atoms with Crippen molar-refractivity contribution in [3.63, 3.8) is 0 Å². The minimum Gasteiger partial charge on any atom is -0.461 e. The molecule has 0 unspecified atom stereocenters. The molecular weight excluding hydrogens is 234 g/mol. The molecule has 1 aromatic rings.